The maximum Gasteiger partial charge on any atom is 0.0949 e. The zero-order valence-electron chi connectivity index (χ0n) is 11.7. The van der Waals surface area contributed by atoms with Crippen molar-refractivity contribution < 1.29 is 4.74 Å². The molecule has 1 saturated carbocycles. The summed E-state index contributed by atoms with van der Waals surface area (Å²) in [4.78, 5) is 7.11. The second-order valence-corrected chi connectivity index (χ2v) is 5.72. The van der Waals surface area contributed by atoms with E-state index in [9.17, 15) is 0 Å². The van der Waals surface area contributed by atoms with Crippen molar-refractivity contribution in [3.8, 4) is 0 Å². The van der Waals surface area contributed by atoms with E-state index in [1.54, 1.807) is 0 Å². The highest BCUT2D eigenvalue weighted by Gasteiger charge is 2.34. The van der Waals surface area contributed by atoms with E-state index in [2.05, 4.69) is 28.1 Å². The average Bonchev–Trinajstić information content (AvgIpc) is 3.15. The molecular weight excluding hydrogens is 238 g/mol. The molecule has 1 unspecified atom stereocenters. The molecular formula is C15H23N3O. The maximum absolute atomic E-state index is 5.73. The van der Waals surface area contributed by atoms with Gasteiger partial charge < -0.3 is 9.30 Å². The summed E-state index contributed by atoms with van der Waals surface area (Å²) in [5.74, 6) is 0.914. The lowest BCUT2D eigenvalue weighted by Gasteiger charge is -2.35. The smallest absolute Gasteiger partial charge is 0.0949 e. The lowest BCUT2D eigenvalue weighted by Crippen LogP contribution is -2.40. The van der Waals surface area contributed by atoms with Gasteiger partial charge in [0, 0.05) is 26.6 Å². The molecule has 104 valence electrons. The molecule has 1 aliphatic heterocycles. The Morgan fingerprint density at radius 2 is 2.37 bits per heavy atom. The number of hydrogen-bond acceptors (Lipinski definition) is 3. The minimum Gasteiger partial charge on any atom is -0.375 e. The van der Waals surface area contributed by atoms with Gasteiger partial charge >= 0.3 is 0 Å². The van der Waals surface area contributed by atoms with Crippen LogP contribution in [0.15, 0.2) is 19.0 Å². The van der Waals surface area contributed by atoms with E-state index in [0.29, 0.717) is 12.6 Å². The van der Waals surface area contributed by atoms with Gasteiger partial charge in [0.15, 0.2) is 0 Å². The first-order chi connectivity index (χ1) is 9.29. The van der Waals surface area contributed by atoms with E-state index in [0.717, 1.165) is 25.5 Å². The second-order valence-electron chi connectivity index (χ2n) is 5.72. The van der Waals surface area contributed by atoms with Crippen molar-refractivity contribution in [2.45, 2.75) is 25.3 Å². The number of rotatable bonds is 6. The van der Waals surface area contributed by atoms with E-state index in [1.807, 2.05) is 12.4 Å². The fraction of sp³-hybridized carbons (Fsp3) is 0.667. The van der Waals surface area contributed by atoms with Gasteiger partial charge in [-0.15, -0.1) is 6.58 Å². The standard InChI is InChI=1S/C15H23N3O/c1-3-8-19-10-14-15-13(16-11-17(15)2)6-7-18(14)9-12-4-5-12/h3,11-12,14H,1,4-10H2,2H3. The van der Waals surface area contributed by atoms with Gasteiger partial charge in [-0.2, -0.15) is 0 Å². The van der Waals surface area contributed by atoms with Crippen LogP contribution < -0.4 is 0 Å². The van der Waals surface area contributed by atoms with E-state index >= 15 is 0 Å². The zero-order valence-corrected chi connectivity index (χ0v) is 11.7. The van der Waals surface area contributed by atoms with Crippen LogP contribution in [0, 0.1) is 5.92 Å². The molecule has 0 radical (unpaired) electrons. The predicted octanol–water partition coefficient (Wildman–Crippen LogP) is 1.93. The van der Waals surface area contributed by atoms with Crippen molar-refractivity contribution in [1.82, 2.24) is 14.5 Å². The van der Waals surface area contributed by atoms with Crippen LogP contribution in [0.1, 0.15) is 30.3 Å². The molecule has 2 aliphatic rings. The van der Waals surface area contributed by atoms with Crippen LogP contribution in [0.25, 0.3) is 0 Å². The molecule has 19 heavy (non-hydrogen) atoms. The van der Waals surface area contributed by atoms with Crippen LogP contribution in [-0.2, 0) is 18.2 Å². The fourth-order valence-electron chi connectivity index (χ4n) is 2.98. The summed E-state index contributed by atoms with van der Waals surface area (Å²) in [6.07, 6.45) is 7.62. The summed E-state index contributed by atoms with van der Waals surface area (Å²) in [5, 5.41) is 0. The number of aromatic nitrogens is 2. The number of nitrogens with zero attached hydrogens (tertiary/aromatic N) is 3. The van der Waals surface area contributed by atoms with Crippen LogP contribution in [0.2, 0.25) is 0 Å². The van der Waals surface area contributed by atoms with Gasteiger partial charge in [-0.1, -0.05) is 6.08 Å². The molecule has 0 N–H and O–H groups in total. The second kappa shape index (κ2) is 5.47. The molecule has 4 nitrogen and oxygen atoms in total. The summed E-state index contributed by atoms with van der Waals surface area (Å²) in [6.45, 7) is 7.41. The van der Waals surface area contributed by atoms with Crippen LogP contribution >= 0.6 is 0 Å². The highest BCUT2D eigenvalue weighted by Crippen LogP contribution is 2.35. The molecule has 3 rings (SSSR count). The Bertz CT molecular complexity index is 450. The Kier molecular flexibility index (Phi) is 3.71. The molecule has 1 aliphatic carbocycles. The largest absolute Gasteiger partial charge is 0.375 e. The molecule has 1 aromatic heterocycles. The van der Waals surface area contributed by atoms with E-state index in [1.165, 1.54) is 30.8 Å². The number of fused-ring (bicyclic) bond motifs is 1. The maximum atomic E-state index is 5.73. The third kappa shape index (κ3) is 2.74. The number of imidazole rings is 1. The van der Waals surface area contributed by atoms with Crippen molar-refractivity contribution in [2.75, 3.05) is 26.3 Å². The van der Waals surface area contributed by atoms with Crippen LogP contribution in [-0.4, -0.2) is 40.8 Å². The molecule has 0 amide bonds. The monoisotopic (exact) mass is 261 g/mol. The molecule has 0 aromatic carbocycles. The van der Waals surface area contributed by atoms with E-state index in [-0.39, 0.29) is 0 Å². The van der Waals surface area contributed by atoms with Crippen LogP contribution in [0.4, 0.5) is 0 Å². The van der Waals surface area contributed by atoms with Crippen molar-refractivity contribution in [3.05, 3.63) is 30.4 Å². The minimum atomic E-state index is 0.358. The molecule has 2 heterocycles. The van der Waals surface area contributed by atoms with Crippen molar-refractivity contribution in [2.24, 2.45) is 13.0 Å². The predicted molar refractivity (Wildman–Crippen MR) is 75.0 cm³/mol. The molecule has 1 fully saturated rings. The van der Waals surface area contributed by atoms with Crippen LogP contribution in [0.3, 0.4) is 0 Å². The minimum absolute atomic E-state index is 0.358. The Morgan fingerprint density at radius 1 is 1.53 bits per heavy atom. The average molecular weight is 261 g/mol. The highest BCUT2D eigenvalue weighted by molar-refractivity contribution is 5.21. The lowest BCUT2D eigenvalue weighted by atomic mass is 10.0. The van der Waals surface area contributed by atoms with Crippen molar-refractivity contribution >= 4 is 0 Å². The Morgan fingerprint density at radius 3 is 3.11 bits per heavy atom. The van der Waals surface area contributed by atoms with Crippen molar-refractivity contribution in [1.29, 1.82) is 0 Å². The van der Waals surface area contributed by atoms with Gasteiger partial charge in [0.25, 0.3) is 0 Å². The van der Waals surface area contributed by atoms with Gasteiger partial charge in [-0.05, 0) is 18.8 Å². The van der Waals surface area contributed by atoms with Crippen LogP contribution in [0.5, 0.6) is 0 Å². The first kappa shape index (κ1) is 12.9. The van der Waals surface area contributed by atoms with Gasteiger partial charge in [0.05, 0.1) is 37.0 Å². The Balaban J connectivity index is 1.77. The Hall–Kier alpha value is -1.13. The van der Waals surface area contributed by atoms with E-state index in [4.69, 9.17) is 4.74 Å². The first-order valence-corrected chi connectivity index (χ1v) is 7.22. The SMILES string of the molecule is C=CCOCC1c2c(ncn2C)CCN1CC1CC1. The molecule has 1 aromatic rings. The van der Waals surface area contributed by atoms with Crippen molar-refractivity contribution in [3.63, 3.8) is 0 Å². The summed E-state index contributed by atoms with van der Waals surface area (Å²) in [7, 11) is 2.09. The summed E-state index contributed by atoms with van der Waals surface area (Å²) < 4.78 is 7.90. The first-order valence-electron chi connectivity index (χ1n) is 7.22. The Labute approximate surface area is 115 Å². The van der Waals surface area contributed by atoms with E-state index < -0.39 is 0 Å². The number of ether oxygens (including phenoxy) is 1. The third-order valence-corrected chi connectivity index (χ3v) is 4.16. The topological polar surface area (TPSA) is 30.3 Å². The van der Waals surface area contributed by atoms with Gasteiger partial charge in [-0.3, -0.25) is 4.90 Å². The van der Waals surface area contributed by atoms with Gasteiger partial charge in [0.2, 0.25) is 0 Å². The zero-order chi connectivity index (χ0) is 13.2. The van der Waals surface area contributed by atoms with Gasteiger partial charge in [0.1, 0.15) is 0 Å². The van der Waals surface area contributed by atoms with Gasteiger partial charge in [-0.25, -0.2) is 4.98 Å². The molecule has 0 saturated heterocycles. The molecule has 0 spiro atoms. The molecule has 1 atom stereocenters. The fourth-order valence-corrected chi connectivity index (χ4v) is 2.98. The number of aryl methyl sites for hydroxylation is 1. The normalized spacial score (nSPS) is 23.3. The number of hydrogen-bond donors (Lipinski definition) is 0. The quantitative estimate of drug-likeness (QED) is 0.579. The summed E-state index contributed by atoms with van der Waals surface area (Å²) in [5.41, 5.74) is 2.60. The summed E-state index contributed by atoms with van der Waals surface area (Å²) >= 11 is 0. The molecule has 0 bridgehead atoms. The lowest BCUT2D eigenvalue weighted by molar-refractivity contribution is 0.0603. The molecule has 4 heteroatoms. The third-order valence-electron chi connectivity index (χ3n) is 4.16. The highest BCUT2D eigenvalue weighted by atomic mass is 16.5. The summed E-state index contributed by atoms with van der Waals surface area (Å²) in [6, 6.07) is 0.358.